The molecule has 0 radical (unpaired) electrons. The molecule has 0 saturated carbocycles. The molecule has 1 rings (SSSR count). The van der Waals surface area contributed by atoms with Crippen LogP contribution in [0.2, 0.25) is 0 Å². The van der Waals surface area contributed by atoms with Crippen LogP contribution in [0.15, 0.2) is 12.1 Å². The second-order valence-corrected chi connectivity index (χ2v) is 5.45. The lowest BCUT2D eigenvalue weighted by Crippen LogP contribution is -2.39. The minimum Gasteiger partial charge on any atom is -0.355 e. The van der Waals surface area contributed by atoms with Crippen molar-refractivity contribution in [1.82, 2.24) is 10.2 Å². The van der Waals surface area contributed by atoms with E-state index in [9.17, 15) is 9.59 Å². The van der Waals surface area contributed by atoms with Crippen LogP contribution in [0.25, 0.3) is 0 Å². The third-order valence-electron chi connectivity index (χ3n) is 3.51. The number of carbonyl (C=O) groups is 2. The first kappa shape index (κ1) is 17.4. The SMILES string of the molecule is CCNC(=O)CN(CC)CC(=O)c1c(C)cc(C)cc1C. The van der Waals surface area contributed by atoms with Gasteiger partial charge >= 0.3 is 0 Å². The summed E-state index contributed by atoms with van der Waals surface area (Å²) < 4.78 is 0. The Morgan fingerprint density at radius 2 is 1.62 bits per heavy atom. The normalized spacial score (nSPS) is 10.8. The lowest BCUT2D eigenvalue weighted by Gasteiger charge is -2.20. The van der Waals surface area contributed by atoms with Crippen molar-refractivity contribution in [3.63, 3.8) is 0 Å². The molecule has 0 aliphatic rings. The van der Waals surface area contributed by atoms with Gasteiger partial charge in [0.25, 0.3) is 0 Å². The van der Waals surface area contributed by atoms with E-state index in [0.29, 0.717) is 13.1 Å². The predicted octanol–water partition coefficient (Wildman–Crippen LogP) is 2.25. The summed E-state index contributed by atoms with van der Waals surface area (Å²) in [6.07, 6.45) is 0. The quantitative estimate of drug-likeness (QED) is 0.784. The number of nitrogens with zero attached hydrogens (tertiary/aromatic N) is 1. The number of benzene rings is 1. The number of rotatable bonds is 7. The van der Waals surface area contributed by atoms with Crippen molar-refractivity contribution in [3.05, 3.63) is 34.4 Å². The van der Waals surface area contributed by atoms with Gasteiger partial charge in [-0.25, -0.2) is 0 Å². The molecule has 0 unspecified atom stereocenters. The standard InChI is InChI=1S/C17H26N2O2/c1-6-18-16(21)11-19(7-2)10-15(20)17-13(4)8-12(3)9-14(17)5/h8-9H,6-7,10-11H2,1-5H3,(H,18,21). The molecule has 0 aliphatic heterocycles. The molecule has 0 atom stereocenters. The van der Waals surface area contributed by atoms with E-state index in [-0.39, 0.29) is 24.8 Å². The molecule has 0 fully saturated rings. The number of aryl methyl sites for hydroxylation is 3. The highest BCUT2D eigenvalue weighted by Crippen LogP contribution is 2.17. The van der Waals surface area contributed by atoms with E-state index in [0.717, 1.165) is 22.3 Å². The minimum absolute atomic E-state index is 0.0375. The lowest BCUT2D eigenvalue weighted by molar-refractivity contribution is -0.121. The van der Waals surface area contributed by atoms with Gasteiger partial charge in [-0.3, -0.25) is 14.5 Å². The van der Waals surface area contributed by atoms with Crippen molar-refractivity contribution in [1.29, 1.82) is 0 Å². The monoisotopic (exact) mass is 290 g/mol. The zero-order chi connectivity index (χ0) is 16.0. The molecule has 1 aromatic rings. The van der Waals surface area contributed by atoms with Gasteiger partial charge in [0.2, 0.25) is 5.91 Å². The van der Waals surface area contributed by atoms with Gasteiger partial charge in [0, 0.05) is 12.1 Å². The summed E-state index contributed by atoms with van der Waals surface area (Å²) in [6, 6.07) is 4.06. The Morgan fingerprint density at radius 1 is 1.05 bits per heavy atom. The fraction of sp³-hybridized carbons (Fsp3) is 0.529. The molecule has 1 amide bonds. The van der Waals surface area contributed by atoms with Crippen LogP contribution in [0, 0.1) is 20.8 Å². The third-order valence-corrected chi connectivity index (χ3v) is 3.51. The summed E-state index contributed by atoms with van der Waals surface area (Å²) in [4.78, 5) is 26.0. The first-order chi connectivity index (χ1) is 9.88. The van der Waals surface area contributed by atoms with E-state index in [2.05, 4.69) is 5.32 Å². The highest BCUT2D eigenvalue weighted by atomic mass is 16.2. The fourth-order valence-electron chi connectivity index (χ4n) is 2.64. The van der Waals surface area contributed by atoms with E-state index in [1.54, 1.807) is 0 Å². The Hall–Kier alpha value is -1.68. The number of hydrogen-bond acceptors (Lipinski definition) is 3. The smallest absolute Gasteiger partial charge is 0.234 e. The summed E-state index contributed by atoms with van der Waals surface area (Å²) in [5.74, 6) is 0.0423. The summed E-state index contributed by atoms with van der Waals surface area (Å²) >= 11 is 0. The first-order valence-corrected chi connectivity index (χ1v) is 7.49. The number of amides is 1. The molecule has 21 heavy (non-hydrogen) atoms. The van der Waals surface area contributed by atoms with Crippen molar-refractivity contribution in [2.24, 2.45) is 0 Å². The molecule has 4 nitrogen and oxygen atoms in total. The van der Waals surface area contributed by atoms with Crippen LogP contribution in [-0.2, 0) is 4.79 Å². The molecule has 0 bridgehead atoms. The lowest BCUT2D eigenvalue weighted by atomic mass is 9.96. The van der Waals surface area contributed by atoms with Crippen LogP contribution in [0.1, 0.15) is 40.9 Å². The zero-order valence-corrected chi connectivity index (χ0v) is 13.7. The molecule has 0 aromatic heterocycles. The summed E-state index contributed by atoms with van der Waals surface area (Å²) in [7, 11) is 0. The van der Waals surface area contributed by atoms with Crippen molar-refractivity contribution in [2.75, 3.05) is 26.2 Å². The Labute approximate surface area is 127 Å². The maximum Gasteiger partial charge on any atom is 0.234 e. The molecule has 0 saturated heterocycles. The van der Waals surface area contributed by atoms with Crippen LogP contribution in [-0.4, -0.2) is 42.8 Å². The second-order valence-electron chi connectivity index (χ2n) is 5.45. The topological polar surface area (TPSA) is 49.4 Å². The molecule has 0 spiro atoms. The van der Waals surface area contributed by atoms with Crippen LogP contribution in [0.5, 0.6) is 0 Å². The third kappa shape index (κ3) is 4.97. The molecule has 116 valence electrons. The molecule has 1 aromatic carbocycles. The summed E-state index contributed by atoms with van der Waals surface area (Å²) in [5, 5.41) is 2.76. The summed E-state index contributed by atoms with van der Waals surface area (Å²) in [6.45, 7) is 11.6. The van der Waals surface area contributed by atoms with Crippen LogP contribution in [0.4, 0.5) is 0 Å². The molecular formula is C17H26N2O2. The van der Waals surface area contributed by atoms with Gasteiger partial charge in [0.1, 0.15) is 0 Å². The van der Waals surface area contributed by atoms with Gasteiger partial charge in [-0.15, -0.1) is 0 Å². The Balaban J connectivity index is 2.82. The molecule has 1 N–H and O–H groups in total. The van der Waals surface area contributed by atoms with Crippen molar-refractivity contribution >= 4 is 11.7 Å². The van der Waals surface area contributed by atoms with Gasteiger partial charge in [0.05, 0.1) is 13.1 Å². The average Bonchev–Trinajstić information content (AvgIpc) is 2.36. The summed E-state index contributed by atoms with van der Waals surface area (Å²) in [5.41, 5.74) is 3.96. The molecule has 0 heterocycles. The van der Waals surface area contributed by atoms with Crippen molar-refractivity contribution in [3.8, 4) is 0 Å². The van der Waals surface area contributed by atoms with Crippen LogP contribution < -0.4 is 5.32 Å². The van der Waals surface area contributed by atoms with E-state index < -0.39 is 0 Å². The van der Waals surface area contributed by atoms with Gasteiger partial charge < -0.3 is 5.32 Å². The van der Waals surface area contributed by atoms with Crippen molar-refractivity contribution < 1.29 is 9.59 Å². The number of carbonyl (C=O) groups excluding carboxylic acids is 2. The number of Topliss-reactive ketones (excluding diaryl/α,β-unsaturated/α-hetero) is 1. The average molecular weight is 290 g/mol. The fourth-order valence-corrected chi connectivity index (χ4v) is 2.64. The number of likely N-dealkylation sites (N-methyl/N-ethyl adjacent to an activating group) is 2. The Bertz CT molecular complexity index is 501. The minimum atomic E-state index is -0.0375. The maximum atomic E-state index is 12.5. The maximum absolute atomic E-state index is 12.5. The Kier molecular flexibility index (Phi) is 6.56. The largest absolute Gasteiger partial charge is 0.355 e. The van der Waals surface area contributed by atoms with E-state index >= 15 is 0 Å². The van der Waals surface area contributed by atoms with Crippen LogP contribution in [0.3, 0.4) is 0 Å². The number of nitrogens with one attached hydrogen (secondary N) is 1. The molecular weight excluding hydrogens is 264 g/mol. The van der Waals surface area contributed by atoms with E-state index in [4.69, 9.17) is 0 Å². The van der Waals surface area contributed by atoms with Gasteiger partial charge in [-0.2, -0.15) is 0 Å². The van der Waals surface area contributed by atoms with Gasteiger partial charge in [-0.1, -0.05) is 24.6 Å². The number of ketones is 1. The zero-order valence-electron chi connectivity index (χ0n) is 13.7. The van der Waals surface area contributed by atoms with Gasteiger partial charge in [-0.05, 0) is 45.4 Å². The molecule has 4 heteroatoms. The first-order valence-electron chi connectivity index (χ1n) is 7.49. The van der Waals surface area contributed by atoms with E-state index in [1.807, 2.05) is 51.7 Å². The van der Waals surface area contributed by atoms with Crippen LogP contribution >= 0.6 is 0 Å². The number of hydrogen-bond donors (Lipinski definition) is 1. The van der Waals surface area contributed by atoms with Crippen molar-refractivity contribution in [2.45, 2.75) is 34.6 Å². The van der Waals surface area contributed by atoms with Gasteiger partial charge in [0.15, 0.2) is 5.78 Å². The Morgan fingerprint density at radius 3 is 2.10 bits per heavy atom. The highest BCUT2D eigenvalue weighted by molar-refractivity contribution is 6.00. The van der Waals surface area contributed by atoms with E-state index in [1.165, 1.54) is 0 Å². The molecule has 0 aliphatic carbocycles. The second kappa shape index (κ2) is 7.93. The highest BCUT2D eigenvalue weighted by Gasteiger charge is 2.17. The predicted molar refractivity (Wildman–Crippen MR) is 85.8 cm³/mol.